The third-order valence-corrected chi connectivity index (χ3v) is 3.09. The lowest BCUT2D eigenvalue weighted by Gasteiger charge is -2.10. The van der Waals surface area contributed by atoms with E-state index in [1.54, 1.807) is 25.3 Å². The smallest absolute Gasteiger partial charge is 0.138 e. The van der Waals surface area contributed by atoms with Gasteiger partial charge in [0.25, 0.3) is 0 Å². The first-order valence-corrected chi connectivity index (χ1v) is 6.79. The van der Waals surface area contributed by atoms with E-state index >= 15 is 0 Å². The van der Waals surface area contributed by atoms with E-state index in [1.165, 1.54) is 0 Å². The van der Waals surface area contributed by atoms with E-state index in [0.29, 0.717) is 29.0 Å². The molecule has 0 saturated carbocycles. The summed E-state index contributed by atoms with van der Waals surface area (Å²) in [5, 5.41) is 1.07. The molecule has 0 bridgehead atoms. The molecule has 0 fully saturated rings. The Labute approximate surface area is 128 Å². The molecule has 0 N–H and O–H groups in total. The predicted octanol–water partition coefficient (Wildman–Crippen LogP) is 4.46. The summed E-state index contributed by atoms with van der Waals surface area (Å²) in [7, 11) is 1.62. The highest BCUT2D eigenvalue weighted by Crippen LogP contribution is 2.27. The van der Waals surface area contributed by atoms with Crippen LogP contribution in [0.3, 0.4) is 0 Å². The van der Waals surface area contributed by atoms with E-state index in [-0.39, 0.29) is 0 Å². The first kappa shape index (κ1) is 14.8. The zero-order chi connectivity index (χ0) is 14.4. The van der Waals surface area contributed by atoms with Crippen LogP contribution < -0.4 is 14.2 Å². The van der Waals surface area contributed by atoms with Crippen LogP contribution in [0.25, 0.3) is 0 Å². The van der Waals surface area contributed by atoms with Crippen LogP contribution in [0.15, 0.2) is 42.5 Å². The van der Waals surface area contributed by atoms with Crippen molar-refractivity contribution in [1.82, 2.24) is 0 Å². The summed E-state index contributed by atoms with van der Waals surface area (Å²) in [5.41, 5.74) is 0. The van der Waals surface area contributed by atoms with Gasteiger partial charge < -0.3 is 14.2 Å². The molecular formula is C15H14Cl2O3. The molecule has 0 spiro atoms. The zero-order valence-electron chi connectivity index (χ0n) is 10.9. The Morgan fingerprint density at radius 2 is 1.50 bits per heavy atom. The normalized spacial score (nSPS) is 10.2. The maximum absolute atomic E-state index is 5.99. The molecule has 0 aliphatic rings. The van der Waals surface area contributed by atoms with E-state index in [4.69, 9.17) is 37.4 Å². The highest BCUT2D eigenvalue weighted by molar-refractivity contribution is 6.35. The van der Waals surface area contributed by atoms with Gasteiger partial charge in [0.2, 0.25) is 0 Å². The van der Waals surface area contributed by atoms with Crippen molar-refractivity contribution in [3.05, 3.63) is 52.5 Å². The minimum atomic E-state index is 0.396. The molecule has 5 heteroatoms. The topological polar surface area (TPSA) is 27.7 Å². The summed E-state index contributed by atoms with van der Waals surface area (Å²) < 4.78 is 16.1. The largest absolute Gasteiger partial charge is 0.497 e. The Morgan fingerprint density at radius 3 is 2.15 bits per heavy atom. The number of hydrogen-bond donors (Lipinski definition) is 0. The molecule has 2 aromatic rings. The number of halogens is 2. The molecular weight excluding hydrogens is 299 g/mol. The first-order chi connectivity index (χ1) is 9.69. The van der Waals surface area contributed by atoms with Crippen LogP contribution in [0.2, 0.25) is 10.0 Å². The maximum atomic E-state index is 5.99. The third kappa shape index (κ3) is 4.22. The lowest BCUT2D eigenvalue weighted by Crippen LogP contribution is -2.09. The van der Waals surface area contributed by atoms with E-state index in [9.17, 15) is 0 Å². The van der Waals surface area contributed by atoms with Crippen LogP contribution in [0, 0.1) is 0 Å². The quantitative estimate of drug-likeness (QED) is 0.737. The highest BCUT2D eigenvalue weighted by Gasteiger charge is 2.02. The van der Waals surface area contributed by atoms with E-state index in [2.05, 4.69) is 0 Å². The second-order valence-corrected chi connectivity index (χ2v) is 4.79. The van der Waals surface area contributed by atoms with Gasteiger partial charge in [-0.25, -0.2) is 0 Å². The fourth-order valence-electron chi connectivity index (χ4n) is 1.58. The Bertz CT molecular complexity index is 556. The summed E-state index contributed by atoms with van der Waals surface area (Å²) in [6, 6.07) is 12.5. The van der Waals surface area contributed by atoms with Crippen LogP contribution >= 0.6 is 23.2 Å². The SMILES string of the molecule is COc1ccc(OCCOc2ccc(Cl)cc2Cl)cc1. The van der Waals surface area contributed by atoms with Gasteiger partial charge in [-0.1, -0.05) is 23.2 Å². The van der Waals surface area contributed by atoms with Gasteiger partial charge in [-0.05, 0) is 42.5 Å². The van der Waals surface area contributed by atoms with Crippen molar-refractivity contribution in [2.24, 2.45) is 0 Å². The number of benzene rings is 2. The molecule has 0 unspecified atom stereocenters. The molecule has 0 saturated heterocycles. The number of hydrogen-bond acceptors (Lipinski definition) is 3. The standard InChI is InChI=1S/C15H14Cl2O3/c1-18-12-3-5-13(6-4-12)19-8-9-20-15-7-2-11(16)10-14(15)17/h2-7,10H,8-9H2,1H3. The lowest BCUT2D eigenvalue weighted by molar-refractivity contribution is 0.217. The molecule has 0 heterocycles. The Morgan fingerprint density at radius 1 is 0.850 bits per heavy atom. The summed E-state index contributed by atoms with van der Waals surface area (Å²) in [6.07, 6.45) is 0. The summed E-state index contributed by atoms with van der Waals surface area (Å²) in [6.45, 7) is 0.818. The van der Waals surface area contributed by atoms with E-state index in [1.807, 2.05) is 24.3 Å². The monoisotopic (exact) mass is 312 g/mol. The van der Waals surface area contributed by atoms with Crippen LogP contribution in [-0.2, 0) is 0 Å². The molecule has 3 nitrogen and oxygen atoms in total. The van der Waals surface area contributed by atoms with Gasteiger partial charge in [-0.2, -0.15) is 0 Å². The molecule has 106 valence electrons. The van der Waals surface area contributed by atoms with Gasteiger partial charge in [0.1, 0.15) is 30.5 Å². The minimum absolute atomic E-state index is 0.396. The third-order valence-electron chi connectivity index (χ3n) is 2.56. The molecule has 0 radical (unpaired) electrons. The van der Waals surface area contributed by atoms with Crippen molar-refractivity contribution in [2.45, 2.75) is 0 Å². The van der Waals surface area contributed by atoms with Crippen molar-refractivity contribution in [2.75, 3.05) is 20.3 Å². The molecule has 2 aromatic carbocycles. The van der Waals surface area contributed by atoms with Gasteiger partial charge in [0.05, 0.1) is 12.1 Å². The second kappa shape index (κ2) is 7.27. The molecule has 2 rings (SSSR count). The van der Waals surface area contributed by atoms with Crippen LogP contribution in [0.4, 0.5) is 0 Å². The molecule has 0 atom stereocenters. The fraction of sp³-hybridized carbons (Fsp3) is 0.200. The van der Waals surface area contributed by atoms with Gasteiger partial charge in [0.15, 0.2) is 0 Å². The zero-order valence-corrected chi connectivity index (χ0v) is 12.4. The Hall–Kier alpha value is -1.58. The minimum Gasteiger partial charge on any atom is -0.497 e. The molecule has 20 heavy (non-hydrogen) atoms. The van der Waals surface area contributed by atoms with Gasteiger partial charge in [-0.3, -0.25) is 0 Å². The lowest BCUT2D eigenvalue weighted by atomic mass is 10.3. The number of rotatable bonds is 6. The van der Waals surface area contributed by atoms with Crippen LogP contribution in [-0.4, -0.2) is 20.3 Å². The van der Waals surface area contributed by atoms with Gasteiger partial charge >= 0.3 is 0 Å². The number of ether oxygens (including phenoxy) is 3. The van der Waals surface area contributed by atoms with Crippen molar-refractivity contribution in [3.8, 4) is 17.2 Å². The summed E-state index contributed by atoms with van der Waals surface area (Å²) in [5.74, 6) is 2.15. The molecule has 0 aliphatic carbocycles. The van der Waals surface area contributed by atoms with Gasteiger partial charge in [-0.15, -0.1) is 0 Å². The van der Waals surface area contributed by atoms with Crippen molar-refractivity contribution in [1.29, 1.82) is 0 Å². The van der Waals surface area contributed by atoms with Crippen molar-refractivity contribution < 1.29 is 14.2 Å². The van der Waals surface area contributed by atoms with Crippen molar-refractivity contribution in [3.63, 3.8) is 0 Å². The van der Waals surface area contributed by atoms with E-state index in [0.717, 1.165) is 11.5 Å². The number of methoxy groups -OCH3 is 1. The predicted molar refractivity (Wildman–Crippen MR) is 80.4 cm³/mol. The first-order valence-electron chi connectivity index (χ1n) is 6.04. The molecule has 0 amide bonds. The Kier molecular flexibility index (Phi) is 5.39. The Balaban J connectivity index is 1.78. The van der Waals surface area contributed by atoms with Crippen LogP contribution in [0.5, 0.6) is 17.2 Å². The summed E-state index contributed by atoms with van der Waals surface area (Å²) >= 11 is 11.8. The summed E-state index contributed by atoms with van der Waals surface area (Å²) in [4.78, 5) is 0. The fourth-order valence-corrected chi connectivity index (χ4v) is 2.04. The van der Waals surface area contributed by atoms with E-state index < -0.39 is 0 Å². The second-order valence-electron chi connectivity index (χ2n) is 3.95. The average molecular weight is 313 g/mol. The van der Waals surface area contributed by atoms with Crippen molar-refractivity contribution >= 4 is 23.2 Å². The molecule has 0 aliphatic heterocycles. The van der Waals surface area contributed by atoms with Crippen LogP contribution in [0.1, 0.15) is 0 Å². The molecule has 0 aromatic heterocycles. The maximum Gasteiger partial charge on any atom is 0.138 e. The van der Waals surface area contributed by atoms with Gasteiger partial charge in [0, 0.05) is 5.02 Å². The average Bonchev–Trinajstić information content (AvgIpc) is 2.46. The highest BCUT2D eigenvalue weighted by atomic mass is 35.5.